The van der Waals surface area contributed by atoms with E-state index in [4.69, 9.17) is 5.11 Å². The predicted molar refractivity (Wildman–Crippen MR) is 44.8 cm³/mol. The zero-order chi connectivity index (χ0) is 8.55. The van der Waals surface area contributed by atoms with Crippen molar-refractivity contribution in [1.82, 2.24) is 5.32 Å². The average molecular weight is 169 g/mol. The van der Waals surface area contributed by atoms with Crippen LogP contribution in [0.15, 0.2) is 0 Å². The number of rotatable bonds is 1. The minimum Gasteiger partial charge on any atom is -0.481 e. The van der Waals surface area contributed by atoms with Crippen LogP contribution in [0, 0.1) is 17.8 Å². The molecule has 0 aromatic heterocycles. The van der Waals surface area contributed by atoms with Gasteiger partial charge in [0.05, 0.1) is 5.92 Å². The molecule has 3 nitrogen and oxygen atoms in total. The van der Waals surface area contributed by atoms with Crippen LogP contribution >= 0.6 is 0 Å². The highest BCUT2D eigenvalue weighted by molar-refractivity contribution is 5.71. The molecule has 2 atom stereocenters. The van der Waals surface area contributed by atoms with Gasteiger partial charge in [0.15, 0.2) is 0 Å². The second-order valence-corrected chi connectivity index (χ2v) is 3.97. The Morgan fingerprint density at radius 3 is 2.25 bits per heavy atom. The van der Waals surface area contributed by atoms with Crippen LogP contribution in [0.4, 0.5) is 0 Å². The van der Waals surface area contributed by atoms with Crippen LogP contribution in [0.5, 0.6) is 0 Å². The minimum absolute atomic E-state index is 0.0556. The standard InChI is InChI=1S/C9H15NO2/c11-9(12)8-6-2-1-3-7(8)5-10-4-6/h6-8,10H,1-5H2,(H,11,12). The third kappa shape index (κ3) is 1.22. The van der Waals surface area contributed by atoms with Gasteiger partial charge in [0, 0.05) is 0 Å². The Labute approximate surface area is 72.2 Å². The van der Waals surface area contributed by atoms with E-state index in [0.717, 1.165) is 25.9 Å². The molecule has 1 aliphatic heterocycles. The summed E-state index contributed by atoms with van der Waals surface area (Å²) in [6.45, 7) is 1.82. The largest absolute Gasteiger partial charge is 0.481 e. The molecule has 68 valence electrons. The molecule has 12 heavy (non-hydrogen) atoms. The van der Waals surface area contributed by atoms with Crippen LogP contribution < -0.4 is 5.32 Å². The van der Waals surface area contributed by atoms with Gasteiger partial charge in [-0.15, -0.1) is 0 Å². The average Bonchev–Trinajstić information content (AvgIpc) is 2.02. The van der Waals surface area contributed by atoms with Crippen LogP contribution in [0.1, 0.15) is 19.3 Å². The summed E-state index contributed by atoms with van der Waals surface area (Å²) in [7, 11) is 0. The van der Waals surface area contributed by atoms with Gasteiger partial charge in [-0.05, 0) is 37.8 Å². The number of hydrogen-bond acceptors (Lipinski definition) is 2. The third-order valence-electron chi connectivity index (χ3n) is 3.26. The maximum absolute atomic E-state index is 10.9. The lowest BCUT2D eigenvalue weighted by Crippen LogP contribution is -2.49. The lowest BCUT2D eigenvalue weighted by molar-refractivity contribution is -0.148. The molecule has 0 spiro atoms. The predicted octanol–water partition coefficient (Wildman–Crippen LogP) is 0.707. The molecule has 2 rings (SSSR count). The number of aliphatic carboxylic acids is 1. The van der Waals surface area contributed by atoms with Crippen molar-refractivity contribution in [3.8, 4) is 0 Å². The molecule has 2 N–H and O–H groups in total. The molecule has 0 amide bonds. The second kappa shape index (κ2) is 3.05. The zero-order valence-electron chi connectivity index (χ0n) is 7.12. The van der Waals surface area contributed by atoms with E-state index in [1.54, 1.807) is 0 Å². The first kappa shape index (κ1) is 8.05. The fraction of sp³-hybridized carbons (Fsp3) is 0.889. The molecule has 2 fully saturated rings. The highest BCUT2D eigenvalue weighted by atomic mass is 16.4. The molecule has 2 aliphatic rings. The molecule has 1 heterocycles. The lowest BCUT2D eigenvalue weighted by atomic mass is 9.70. The molecule has 1 saturated heterocycles. The maximum atomic E-state index is 10.9. The van der Waals surface area contributed by atoms with Crippen LogP contribution in [0.2, 0.25) is 0 Å². The molecule has 1 aliphatic carbocycles. The molecule has 0 radical (unpaired) electrons. The molecule has 2 unspecified atom stereocenters. The molecule has 1 saturated carbocycles. The smallest absolute Gasteiger partial charge is 0.307 e. The summed E-state index contributed by atoms with van der Waals surface area (Å²) >= 11 is 0. The van der Waals surface area contributed by atoms with E-state index in [9.17, 15) is 4.79 Å². The Hall–Kier alpha value is -0.570. The fourth-order valence-corrected chi connectivity index (χ4v) is 2.70. The topological polar surface area (TPSA) is 49.3 Å². The Morgan fingerprint density at radius 1 is 1.25 bits per heavy atom. The quantitative estimate of drug-likeness (QED) is 0.607. The zero-order valence-corrected chi connectivity index (χ0v) is 7.12. The SMILES string of the molecule is O=C(O)C1C2CCCC1CNC2. The number of carboxylic acid groups (broad SMARTS) is 1. The van der Waals surface area contributed by atoms with Crippen molar-refractivity contribution in [1.29, 1.82) is 0 Å². The van der Waals surface area contributed by atoms with E-state index >= 15 is 0 Å². The number of nitrogens with one attached hydrogen (secondary N) is 1. The number of hydrogen-bond donors (Lipinski definition) is 2. The van der Waals surface area contributed by atoms with E-state index in [1.165, 1.54) is 6.42 Å². The van der Waals surface area contributed by atoms with Crippen molar-refractivity contribution in [2.75, 3.05) is 13.1 Å². The molecule has 2 bridgehead atoms. The van der Waals surface area contributed by atoms with E-state index < -0.39 is 5.97 Å². The normalized spacial score (nSPS) is 40.8. The third-order valence-corrected chi connectivity index (χ3v) is 3.26. The summed E-state index contributed by atoms with van der Waals surface area (Å²) in [5, 5.41) is 12.3. The summed E-state index contributed by atoms with van der Waals surface area (Å²) in [5.41, 5.74) is 0. The summed E-state index contributed by atoms with van der Waals surface area (Å²) in [5.74, 6) is 0.163. The van der Waals surface area contributed by atoms with Crippen molar-refractivity contribution in [3.05, 3.63) is 0 Å². The van der Waals surface area contributed by atoms with Crippen LogP contribution in [0.3, 0.4) is 0 Å². The first-order chi connectivity index (χ1) is 5.79. The van der Waals surface area contributed by atoms with Gasteiger partial charge in [-0.25, -0.2) is 0 Å². The van der Waals surface area contributed by atoms with Gasteiger partial charge in [-0.3, -0.25) is 4.79 Å². The number of carboxylic acids is 1. The van der Waals surface area contributed by atoms with E-state index in [-0.39, 0.29) is 5.92 Å². The van der Waals surface area contributed by atoms with Gasteiger partial charge < -0.3 is 10.4 Å². The maximum Gasteiger partial charge on any atom is 0.307 e. The first-order valence-corrected chi connectivity index (χ1v) is 4.72. The molecule has 3 heteroatoms. The van der Waals surface area contributed by atoms with Crippen LogP contribution in [0.25, 0.3) is 0 Å². The highest BCUT2D eigenvalue weighted by Crippen LogP contribution is 2.36. The van der Waals surface area contributed by atoms with Gasteiger partial charge in [0.1, 0.15) is 0 Å². The summed E-state index contributed by atoms with van der Waals surface area (Å²) in [6.07, 6.45) is 3.42. The van der Waals surface area contributed by atoms with Gasteiger partial charge in [-0.2, -0.15) is 0 Å². The summed E-state index contributed by atoms with van der Waals surface area (Å²) < 4.78 is 0. The van der Waals surface area contributed by atoms with Crippen molar-refractivity contribution < 1.29 is 9.90 Å². The Morgan fingerprint density at radius 2 is 1.83 bits per heavy atom. The van der Waals surface area contributed by atoms with Gasteiger partial charge >= 0.3 is 5.97 Å². The first-order valence-electron chi connectivity index (χ1n) is 4.72. The number of piperidine rings is 1. The lowest BCUT2D eigenvalue weighted by Gasteiger charge is -2.40. The van der Waals surface area contributed by atoms with Crippen LogP contribution in [-0.2, 0) is 4.79 Å². The highest BCUT2D eigenvalue weighted by Gasteiger charge is 2.40. The van der Waals surface area contributed by atoms with Crippen LogP contribution in [-0.4, -0.2) is 24.2 Å². The summed E-state index contributed by atoms with van der Waals surface area (Å²) in [4.78, 5) is 10.9. The minimum atomic E-state index is -0.578. The number of carbonyl (C=O) groups is 1. The van der Waals surface area contributed by atoms with E-state index in [1.807, 2.05) is 0 Å². The van der Waals surface area contributed by atoms with Crippen molar-refractivity contribution in [2.45, 2.75) is 19.3 Å². The monoisotopic (exact) mass is 169 g/mol. The Balaban J connectivity index is 2.13. The fourth-order valence-electron chi connectivity index (χ4n) is 2.70. The molecule has 0 aromatic carbocycles. The second-order valence-electron chi connectivity index (χ2n) is 3.97. The molecular weight excluding hydrogens is 154 g/mol. The number of fused-ring (bicyclic) bond motifs is 2. The van der Waals surface area contributed by atoms with E-state index in [2.05, 4.69) is 5.32 Å². The van der Waals surface area contributed by atoms with Gasteiger partial charge in [0.25, 0.3) is 0 Å². The van der Waals surface area contributed by atoms with Crippen molar-refractivity contribution >= 4 is 5.97 Å². The molecular formula is C9H15NO2. The van der Waals surface area contributed by atoms with Gasteiger partial charge in [0.2, 0.25) is 0 Å². The Bertz CT molecular complexity index is 171. The van der Waals surface area contributed by atoms with Crippen molar-refractivity contribution in [3.63, 3.8) is 0 Å². The van der Waals surface area contributed by atoms with Crippen molar-refractivity contribution in [2.24, 2.45) is 17.8 Å². The van der Waals surface area contributed by atoms with E-state index in [0.29, 0.717) is 11.8 Å². The van der Waals surface area contributed by atoms with Gasteiger partial charge in [-0.1, -0.05) is 6.42 Å². The Kier molecular flexibility index (Phi) is 2.05. The summed E-state index contributed by atoms with van der Waals surface area (Å²) in [6, 6.07) is 0. The molecule has 0 aromatic rings.